The maximum absolute atomic E-state index is 13.9. The van der Waals surface area contributed by atoms with E-state index in [1.807, 2.05) is 18.2 Å². The van der Waals surface area contributed by atoms with E-state index in [1.165, 1.54) is 5.56 Å². The van der Waals surface area contributed by atoms with E-state index in [4.69, 9.17) is 0 Å². The van der Waals surface area contributed by atoms with Crippen LogP contribution in [0, 0.1) is 5.41 Å². The minimum Gasteiger partial charge on any atom is -0.334 e. The van der Waals surface area contributed by atoms with Crippen molar-refractivity contribution >= 4 is 11.8 Å². The molecule has 0 N–H and O–H groups in total. The fraction of sp³-hybridized carbons (Fsp3) is 0.520. The van der Waals surface area contributed by atoms with Gasteiger partial charge in [-0.15, -0.1) is 0 Å². The smallest absolute Gasteiger partial charge is 0.274 e. The summed E-state index contributed by atoms with van der Waals surface area (Å²) in [5, 5.41) is 0. The lowest BCUT2D eigenvalue weighted by atomic mass is 9.69. The molecule has 5 atom stereocenters. The Morgan fingerprint density at radius 2 is 1.77 bits per heavy atom. The van der Waals surface area contributed by atoms with Gasteiger partial charge in [-0.2, -0.15) is 0 Å². The highest BCUT2D eigenvalue weighted by molar-refractivity contribution is 5.93. The first kappa shape index (κ1) is 20.2. The largest absolute Gasteiger partial charge is 0.334 e. The number of hydrogen-bond acceptors (Lipinski definition) is 4. The van der Waals surface area contributed by atoms with Crippen molar-refractivity contribution < 1.29 is 9.59 Å². The summed E-state index contributed by atoms with van der Waals surface area (Å²) in [5.41, 5.74) is 1.49. The highest BCUT2D eigenvalue weighted by Gasteiger charge is 2.63. The maximum atomic E-state index is 13.9. The zero-order valence-electron chi connectivity index (χ0n) is 18.3. The number of nitrogens with zero attached hydrogens (tertiary/aromatic N) is 4. The Hall–Kier alpha value is -2.76. The van der Waals surface area contributed by atoms with Gasteiger partial charge >= 0.3 is 0 Å². The van der Waals surface area contributed by atoms with Crippen LogP contribution in [0.4, 0.5) is 0 Å². The van der Waals surface area contributed by atoms with Crippen LogP contribution in [-0.4, -0.2) is 55.7 Å². The van der Waals surface area contributed by atoms with E-state index < -0.39 is 0 Å². The van der Waals surface area contributed by atoms with Crippen LogP contribution in [0.5, 0.6) is 0 Å². The average Bonchev–Trinajstić information content (AvgIpc) is 2.94. The van der Waals surface area contributed by atoms with Gasteiger partial charge in [0.25, 0.3) is 5.91 Å². The molecular formula is C25H30N4O2. The van der Waals surface area contributed by atoms with Gasteiger partial charge in [-0.3, -0.25) is 14.6 Å². The summed E-state index contributed by atoms with van der Waals surface area (Å²) in [6.07, 6.45) is 10.6. The SMILES string of the molecule is CC(=O)N1[C@H]2CCCC[C@H]3N(C(=O)c4cnccn4)[C@@H](Cc4ccccc4)[C@@H]1C[C@@]23C. The second-order valence-electron chi connectivity index (χ2n) is 9.58. The van der Waals surface area contributed by atoms with Gasteiger partial charge in [0, 0.05) is 36.8 Å². The van der Waals surface area contributed by atoms with Crippen LogP contribution < -0.4 is 0 Å². The molecule has 0 spiro atoms. The molecule has 3 heterocycles. The number of carbonyl (C=O) groups is 2. The van der Waals surface area contributed by atoms with Gasteiger partial charge < -0.3 is 9.80 Å². The van der Waals surface area contributed by atoms with Gasteiger partial charge in [-0.25, -0.2) is 4.98 Å². The normalized spacial score (nSPS) is 31.9. The minimum atomic E-state index is -0.0854. The zero-order valence-corrected chi connectivity index (χ0v) is 18.3. The number of piperidine rings is 1. The number of amides is 2. The van der Waals surface area contributed by atoms with Gasteiger partial charge in [0.15, 0.2) is 0 Å². The molecule has 1 aromatic heterocycles. The molecule has 162 valence electrons. The highest BCUT2D eigenvalue weighted by atomic mass is 16.2. The van der Waals surface area contributed by atoms with E-state index in [1.54, 1.807) is 25.5 Å². The lowest BCUT2D eigenvalue weighted by Gasteiger charge is -2.50. The molecule has 2 bridgehead atoms. The Bertz CT molecular complexity index is 966. The summed E-state index contributed by atoms with van der Waals surface area (Å²) in [6.45, 7) is 4.00. The van der Waals surface area contributed by atoms with Crippen molar-refractivity contribution in [3.63, 3.8) is 0 Å². The Balaban J connectivity index is 1.63. The van der Waals surface area contributed by atoms with E-state index in [2.05, 4.69) is 38.8 Å². The van der Waals surface area contributed by atoms with E-state index in [-0.39, 0.29) is 41.4 Å². The molecule has 3 aliphatic rings. The van der Waals surface area contributed by atoms with Crippen LogP contribution >= 0.6 is 0 Å². The lowest BCUT2D eigenvalue weighted by molar-refractivity contribution is -0.132. The van der Waals surface area contributed by atoms with Gasteiger partial charge in [0.2, 0.25) is 5.91 Å². The zero-order chi connectivity index (χ0) is 21.6. The summed E-state index contributed by atoms with van der Waals surface area (Å²) >= 11 is 0. The highest BCUT2D eigenvalue weighted by Crippen LogP contribution is 2.55. The van der Waals surface area contributed by atoms with Gasteiger partial charge in [-0.05, 0) is 31.2 Å². The van der Waals surface area contributed by atoms with E-state index in [0.717, 1.165) is 38.5 Å². The third kappa shape index (κ3) is 3.24. The molecule has 5 rings (SSSR count). The molecule has 31 heavy (non-hydrogen) atoms. The molecule has 1 aliphatic carbocycles. The van der Waals surface area contributed by atoms with Crippen LogP contribution in [0.25, 0.3) is 0 Å². The molecule has 2 aromatic rings. The molecule has 3 fully saturated rings. The average molecular weight is 419 g/mol. The third-order valence-electron chi connectivity index (χ3n) is 7.87. The van der Waals surface area contributed by atoms with Crippen molar-refractivity contribution in [3.05, 3.63) is 60.2 Å². The van der Waals surface area contributed by atoms with Crippen molar-refractivity contribution in [2.24, 2.45) is 5.41 Å². The Kier molecular flexibility index (Phi) is 5.03. The maximum Gasteiger partial charge on any atom is 0.274 e. The van der Waals surface area contributed by atoms with Crippen molar-refractivity contribution in [1.29, 1.82) is 0 Å². The molecule has 0 radical (unpaired) electrons. The molecule has 2 amide bonds. The monoisotopic (exact) mass is 418 g/mol. The molecule has 2 saturated heterocycles. The quantitative estimate of drug-likeness (QED) is 0.765. The fourth-order valence-electron chi connectivity index (χ4n) is 6.64. The van der Waals surface area contributed by atoms with Gasteiger partial charge in [-0.1, -0.05) is 50.1 Å². The van der Waals surface area contributed by atoms with Crippen molar-refractivity contribution in [2.45, 2.75) is 76.5 Å². The number of aromatic nitrogens is 2. The summed E-state index contributed by atoms with van der Waals surface area (Å²) in [5.74, 6) is 0.0762. The second-order valence-corrected chi connectivity index (χ2v) is 9.58. The Morgan fingerprint density at radius 1 is 1.06 bits per heavy atom. The van der Waals surface area contributed by atoms with E-state index in [0.29, 0.717) is 5.69 Å². The number of benzene rings is 1. The van der Waals surface area contributed by atoms with Crippen LogP contribution in [0.1, 0.15) is 62.0 Å². The predicted octanol–water partition coefficient (Wildman–Crippen LogP) is 3.48. The number of rotatable bonds is 3. The Labute approximate surface area is 183 Å². The molecule has 2 aliphatic heterocycles. The molecule has 1 aromatic carbocycles. The van der Waals surface area contributed by atoms with Crippen LogP contribution in [0.2, 0.25) is 0 Å². The van der Waals surface area contributed by atoms with Crippen LogP contribution in [-0.2, 0) is 11.2 Å². The first-order valence-electron chi connectivity index (χ1n) is 11.4. The number of fused-ring (bicyclic) bond motifs is 1. The van der Waals surface area contributed by atoms with Crippen LogP contribution in [0.3, 0.4) is 0 Å². The first-order chi connectivity index (χ1) is 15.0. The van der Waals surface area contributed by atoms with Gasteiger partial charge in [0.05, 0.1) is 18.3 Å². The standard InChI is InChI=1S/C25H30N4O2/c1-17(30)28-21-15-25(2)22(28)10-6-7-11-23(25)29(24(31)19-16-26-12-13-27-19)20(21)14-18-8-4-3-5-9-18/h3-5,8-9,12-13,16,20-23H,6-7,10-11,14-15H2,1-2H3/t20-,21-,22-,23+,25-/m0/s1. The summed E-state index contributed by atoms with van der Waals surface area (Å²) < 4.78 is 0. The van der Waals surface area contributed by atoms with Crippen molar-refractivity contribution in [3.8, 4) is 0 Å². The molecule has 1 saturated carbocycles. The topological polar surface area (TPSA) is 66.4 Å². The van der Waals surface area contributed by atoms with Crippen molar-refractivity contribution in [1.82, 2.24) is 19.8 Å². The van der Waals surface area contributed by atoms with E-state index >= 15 is 0 Å². The Morgan fingerprint density at radius 3 is 2.42 bits per heavy atom. The first-order valence-corrected chi connectivity index (χ1v) is 11.4. The summed E-state index contributed by atoms with van der Waals surface area (Å²) in [6, 6.07) is 10.6. The second kappa shape index (κ2) is 7.74. The summed E-state index contributed by atoms with van der Waals surface area (Å²) in [7, 11) is 0. The van der Waals surface area contributed by atoms with Crippen molar-refractivity contribution in [2.75, 3.05) is 0 Å². The number of carbonyl (C=O) groups excluding carboxylic acids is 2. The minimum absolute atomic E-state index is 0.0303. The summed E-state index contributed by atoms with van der Waals surface area (Å²) in [4.78, 5) is 39.5. The van der Waals surface area contributed by atoms with Gasteiger partial charge in [0.1, 0.15) is 5.69 Å². The predicted molar refractivity (Wildman–Crippen MR) is 117 cm³/mol. The molecule has 0 unspecified atom stereocenters. The number of hydrogen-bond donors (Lipinski definition) is 0. The molecule has 6 nitrogen and oxygen atoms in total. The van der Waals surface area contributed by atoms with Crippen LogP contribution in [0.15, 0.2) is 48.9 Å². The molecule has 6 heteroatoms. The third-order valence-corrected chi connectivity index (χ3v) is 7.87. The molecular weight excluding hydrogens is 388 g/mol. The fourth-order valence-corrected chi connectivity index (χ4v) is 6.64. The lowest BCUT2D eigenvalue weighted by Crippen LogP contribution is -2.62. The number of likely N-dealkylation sites (tertiary alicyclic amines) is 2. The van der Waals surface area contributed by atoms with E-state index in [9.17, 15) is 9.59 Å².